The van der Waals surface area contributed by atoms with Crippen molar-refractivity contribution in [1.29, 1.82) is 0 Å². The van der Waals surface area contributed by atoms with Gasteiger partial charge in [-0.25, -0.2) is 9.37 Å². The summed E-state index contributed by atoms with van der Waals surface area (Å²) in [5.41, 5.74) is 3.33. The van der Waals surface area contributed by atoms with E-state index >= 15 is 0 Å². The van der Waals surface area contributed by atoms with Gasteiger partial charge in [-0.05, 0) is 62.2 Å². The Bertz CT molecular complexity index is 1260. The molecule has 4 heterocycles. The highest BCUT2D eigenvalue weighted by molar-refractivity contribution is 5.92. The van der Waals surface area contributed by atoms with E-state index in [4.69, 9.17) is 4.42 Å². The Labute approximate surface area is 197 Å². The van der Waals surface area contributed by atoms with Gasteiger partial charge >= 0.3 is 0 Å². The SMILES string of the molecule is Cc1ncoc1C(=O)N1CCc2c(cc(-c3cccc(F)c3)c(=O)n2CCN2CCCCC2)C1. The average Bonchev–Trinajstić information content (AvgIpc) is 3.28. The van der Waals surface area contributed by atoms with Crippen LogP contribution < -0.4 is 5.56 Å². The van der Waals surface area contributed by atoms with Crippen LogP contribution in [0.5, 0.6) is 0 Å². The standard InChI is InChI=1S/C26H29FN4O3/c1-18-24(34-17-28-18)26(33)30-11-8-23-20(16-30)15-22(19-6-5-7-21(27)14-19)25(32)31(23)13-12-29-9-3-2-4-10-29/h5-7,14-15,17H,2-4,8-13,16H2,1H3. The minimum atomic E-state index is -0.382. The summed E-state index contributed by atoms with van der Waals surface area (Å²) >= 11 is 0. The van der Waals surface area contributed by atoms with Crippen LogP contribution in [0.4, 0.5) is 4.39 Å². The van der Waals surface area contributed by atoms with Gasteiger partial charge in [-0.3, -0.25) is 9.59 Å². The van der Waals surface area contributed by atoms with Gasteiger partial charge in [0.2, 0.25) is 5.76 Å². The largest absolute Gasteiger partial charge is 0.438 e. The molecule has 0 spiro atoms. The number of aryl methyl sites for hydroxylation is 1. The summed E-state index contributed by atoms with van der Waals surface area (Å²) in [5, 5.41) is 0. The number of nitrogens with zero attached hydrogens (tertiary/aromatic N) is 4. The van der Waals surface area contributed by atoms with Crippen molar-refractivity contribution in [3.63, 3.8) is 0 Å². The number of amides is 1. The minimum absolute atomic E-state index is 0.104. The van der Waals surface area contributed by atoms with Crippen LogP contribution in [0.3, 0.4) is 0 Å². The molecule has 1 aromatic carbocycles. The van der Waals surface area contributed by atoms with Crippen molar-refractivity contribution in [2.75, 3.05) is 26.2 Å². The Hall–Kier alpha value is -3.26. The van der Waals surface area contributed by atoms with Crippen LogP contribution in [-0.4, -0.2) is 51.4 Å². The lowest BCUT2D eigenvalue weighted by atomic mass is 9.98. The molecule has 178 valence electrons. The number of oxazole rings is 1. The van der Waals surface area contributed by atoms with Gasteiger partial charge in [0.1, 0.15) is 5.82 Å². The molecule has 0 unspecified atom stereocenters. The monoisotopic (exact) mass is 464 g/mol. The zero-order valence-electron chi connectivity index (χ0n) is 19.4. The zero-order chi connectivity index (χ0) is 23.7. The van der Waals surface area contributed by atoms with E-state index in [0.29, 0.717) is 42.9 Å². The molecule has 3 aromatic rings. The van der Waals surface area contributed by atoms with Crippen molar-refractivity contribution in [2.45, 2.75) is 45.7 Å². The fourth-order valence-corrected chi connectivity index (χ4v) is 5.07. The smallest absolute Gasteiger partial charge is 0.291 e. The summed E-state index contributed by atoms with van der Waals surface area (Å²) in [4.78, 5) is 34.8. The van der Waals surface area contributed by atoms with Crippen molar-refractivity contribution < 1.29 is 13.6 Å². The van der Waals surface area contributed by atoms with E-state index in [9.17, 15) is 14.0 Å². The average molecular weight is 465 g/mol. The van der Waals surface area contributed by atoms with Crippen LogP contribution in [0.25, 0.3) is 11.1 Å². The molecule has 0 atom stereocenters. The van der Waals surface area contributed by atoms with Gasteiger partial charge < -0.3 is 18.8 Å². The first-order valence-corrected chi connectivity index (χ1v) is 11.9. The summed E-state index contributed by atoms with van der Waals surface area (Å²) in [7, 11) is 0. The number of carbonyl (C=O) groups excluding carboxylic acids is 1. The molecule has 0 N–H and O–H groups in total. The van der Waals surface area contributed by atoms with E-state index < -0.39 is 0 Å². The van der Waals surface area contributed by atoms with Crippen LogP contribution in [0, 0.1) is 12.7 Å². The maximum absolute atomic E-state index is 14.0. The third kappa shape index (κ3) is 4.42. The molecule has 2 aromatic heterocycles. The first kappa shape index (κ1) is 22.5. The summed E-state index contributed by atoms with van der Waals surface area (Å²) in [5.74, 6) is -0.349. The molecule has 0 bridgehead atoms. The second kappa shape index (κ2) is 9.54. The predicted molar refractivity (Wildman–Crippen MR) is 126 cm³/mol. The fraction of sp³-hybridized carbons (Fsp3) is 0.423. The first-order valence-electron chi connectivity index (χ1n) is 11.9. The second-order valence-electron chi connectivity index (χ2n) is 9.14. The van der Waals surface area contributed by atoms with Gasteiger partial charge in [0.15, 0.2) is 6.39 Å². The van der Waals surface area contributed by atoms with Crippen LogP contribution in [-0.2, 0) is 19.5 Å². The number of carbonyl (C=O) groups is 1. The Morgan fingerprint density at radius 3 is 2.68 bits per heavy atom. The zero-order valence-corrected chi connectivity index (χ0v) is 19.4. The highest BCUT2D eigenvalue weighted by atomic mass is 19.1. The summed E-state index contributed by atoms with van der Waals surface area (Å²) in [6, 6.07) is 7.96. The molecule has 34 heavy (non-hydrogen) atoms. The van der Waals surface area contributed by atoms with Gasteiger partial charge in [0.05, 0.1) is 5.69 Å². The molecule has 2 aliphatic heterocycles. The Morgan fingerprint density at radius 2 is 1.94 bits per heavy atom. The van der Waals surface area contributed by atoms with E-state index in [1.54, 1.807) is 24.0 Å². The summed E-state index contributed by atoms with van der Waals surface area (Å²) in [6.07, 6.45) is 5.49. The number of aromatic nitrogens is 2. The predicted octanol–water partition coefficient (Wildman–Crippen LogP) is 3.64. The maximum atomic E-state index is 14.0. The number of fused-ring (bicyclic) bond motifs is 1. The number of rotatable bonds is 5. The first-order chi connectivity index (χ1) is 16.5. The number of hydrogen-bond donors (Lipinski definition) is 0. The fourth-order valence-electron chi connectivity index (χ4n) is 5.07. The molecule has 0 saturated carbocycles. The number of benzene rings is 1. The van der Waals surface area contributed by atoms with Gasteiger partial charge in [-0.1, -0.05) is 18.6 Å². The lowest BCUT2D eigenvalue weighted by Gasteiger charge is -2.32. The highest BCUT2D eigenvalue weighted by Gasteiger charge is 2.28. The molecule has 5 rings (SSSR count). The molecule has 1 fully saturated rings. The van der Waals surface area contributed by atoms with E-state index in [2.05, 4.69) is 9.88 Å². The number of halogens is 1. The number of hydrogen-bond acceptors (Lipinski definition) is 5. The topological polar surface area (TPSA) is 71.6 Å². The van der Waals surface area contributed by atoms with Crippen molar-refractivity contribution in [3.05, 3.63) is 75.6 Å². The van der Waals surface area contributed by atoms with E-state index in [1.165, 1.54) is 37.8 Å². The highest BCUT2D eigenvalue weighted by Crippen LogP contribution is 2.26. The van der Waals surface area contributed by atoms with Crippen molar-refractivity contribution in [1.82, 2.24) is 19.4 Å². The van der Waals surface area contributed by atoms with Gasteiger partial charge in [-0.15, -0.1) is 0 Å². The molecule has 0 aliphatic carbocycles. The Kier molecular flexibility index (Phi) is 6.32. The Morgan fingerprint density at radius 1 is 1.12 bits per heavy atom. The second-order valence-corrected chi connectivity index (χ2v) is 9.14. The van der Waals surface area contributed by atoms with Crippen LogP contribution >= 0.6 is 0 Å². The quantitative estimate of drug-likeness (QED) is 0.577. The normalized spacial score (nSPS) is 16.5. The van der Waals surface area contributed by atoms with Gasteiger partial charge in [0, 0.05) is 43.9 Å². The molecule has 1 saturated heterocycles. The van der Waals surface area contributed by atoms with Crippen LogP contribution in [0.1, 0.15) is 46.8 Å². The van der Waals surface area contributed by atoms with Gasteiger partial charge in [0.25, 0.3) is 11.5 Å². The minimum Gasteiger partial charge on any atom is -0.438 e. The number of piperidine rings is 1. The Balaban J connectivity index is 1.51. The van der Waals surface area contributed by atoms with Gasteiger partial charge in [-0.2, -0.15) is 0 Å². The molecule has 8 heteroatoms. The van der Waals surface area contributed by atoms with Crippen molar-refractivity contribution in [3.8, 4) is 11.1 Å². The number of pyridine rings is 1. The number of likely N-dealkylation sites (tertiary alicyclic amines) is 1. The lowest BCUT2D eigenvalue weighted by molar-refractivity contribution is 0.0698. The third-order valence-electron chi connectivity index (χ3n) is 6.92. The van der Waals surface area contributed by atoms with Crippen molar-refractivity contribution in [2.24, 2.45) is 0 Å². The molecular formula is C26H29FN4O3. The maximum Gasteiger partial charge on any atom is 0.291 e. The molecule has 1 amide bonds. The van der Waals surface area contributed by atoms with E-state index in [1.807, 2.05) is 10.6 Å². The summed E-state index contributed by atoms with van der Waals surface area (Å²) in [6.45, 7) is 6.10. The van der Waals surface area contributed by atoms with E-state index in [-0.39, 0.29) is 23.0 Å². The third-order valence-corrected chi connectivity index (χ3v) is 6.92. The molecular weight excluding hydrogens is 435 g/mol. The van der Waals surface area contributed by atoms with E-state index in [0.717, 1.165) is 30.9 Å². The molecule has 0 radical (unpaired) electrons. The molecule has 7 nitrogen and oxygen atoms in total. The molecule has 2 aliphatic rings. The lowest BCUT2D eigenvalue weighted by Crippen LogP contribution is -2.41. The van der Waals surface area contributed by atoms with Crippen LogP contribution in [0.2, 0.25) is 0 Å². The summed E-state index contributed by atoms with van der Waals surface area (Å²) < 4.78 is 21.2. The van der Waals surface area contributed by atoms with Crippen LogP contribution in [0.15, 0.2) is 45.9 Å². The van der Waals surface area contributed by atoms with Crippen molar-refractivity contribution >= 4 is 5.91 Å².